The van der Waals surface area contributed by atoms with Crippen molar-refractivity contribution < 1.29 is 9.90 Å². The van der Waals surface area contributed by atoms with Crippen molar-refractivity contribution in [2.24, 2.45) is 5.92 Å². The predicted octanol–water partition coefficient (Wildman–Crippen LogP) is 2.62. The molecule has 1 aromatic rings. The van der Waals surface area contributed by atoms with Gasteiger partial charge in [-0.25, -0.2) is 0 Å². The van der Waals surface area contributed by atoms with E-state index in [4.69, 9.17) is 0 Å². The number of aromatic hydroxyl groups is 1. The second-order valence-corrected chi connectivity index (χ2v) is 6.21. The lowest BCUT2D eigenvalue weighted by atomic mass is 10.0. The van der Waals surface area contributed by atoms with Gasteiger partial charge in [0.25, 0.3) is 0 Å². The Bertz CT molecular complexity index is 489. The zero-order chi connectivity index (χ0) is 14.7. The molecule has 0 unspecified atom stereocenters. The number of para-hydroxylation sites is 2. The van der Waals surface area contributed by atoms with Crippen molar-refractivity contribution in [1.82, 2.24) is 4.90 Å². The van der Waals surface area contributed by atoms with Gasteiger partial charge in [-0.15, -0.1) is 0 Å². The zero-order valence-electron chi connectivity index (χ0n) is 12.5. The summed E-state index contributed by atoms with van der Waals surface area (Å²) in [5.74, 6) is 1.26. The molecule has 0 radical (unpaired) electrons. The molecular weight excluding hydrogens is 264 g/mol. The Hall–Kier alpha value is -1.71. The van der Waals surface area contributed by atoms with Crippen LogP contribution in [0.1, 0.15) is 32.1 Å². The van der Waals surface area contributed by atoms with E-state index in [2.05, 4.69) is 4.90 Å². The molecule has 1 heterocycles. The average Bonchev–Trinajstić information content (AvgIpc) is 3.01. The molecule has 0 bridgehead atoms. The summed E-state index contributed by atoms with van der Waals surface area (Å²) in [6, 6.07) is 7.42. The Kier molecular flexibility index (Phi) is 4.32. The molecule has 1 aromatic carbocycles. The van der Waals surface area contributed by atoms with Crippen molar-refractivity contribution in [2.75, 3.05) is 31.1 Å². The molecule has 0 atom stereocenters. The van der Waals surface area contributed by atoms with Crippen molar-refractivity contribution in [3.8, 4) is 5.75 Å². The molecule has 1 saturated carbocycles. The van der Waals surface area contributed by atoms with Crippen LogP contribution < -0.4 is 4.90 Å². The monoisotopic (exact) mass is 288 g/mol. The van der Waals surface area contributed by atoms with Gasteiger partial charge in [0, 0.05) is 32.6 Å². The van der Waals surface area contributed by atoms with Gasteiger partial charge >= 0.3 is 0 Å². The fraction of sp³-hybridized carbons (Fsp3) is 0.588. The standard InChI is InChI=1S/C17H24N2O2/c20-16-8-4-3-7-15(16)18-9-11-19(12-10-18)17(21)13-14-5-1-2-6-14/h3-4,7-8,14,20H,1-2,5-6,9-13H2. The number of phenolic OH excluding ortho intramolecular Hbond substituents is 1. The van der Waals surface area contributed by atoms with E-state index in [0.717, 1.165) is 38.3 Å². The van der Waals surface area contributed by atoms with Gasteiger partial charge in [0.1, 0.15) is 5.75 Å². The lowest BCUT2D eigenvalue weighted by Crippen LogP contribution is -2.49. The van der Waals surface area contributed by atoms with Crippen LogP contribution in [0, 0.1) is 5.92 Å². The van der Waals surface area contributed by atoms with E-state index in [1.807, 2.05) is 23.1 Å². The average molecular weight is 288 g/mol. The van der Waals surface area contributed by atoms with Gasteiger partial charge in [-0.3, -0.25) is 4.79 Å². The Labute approximate surface area is 126 Å². The lowest BCUT2D eigenvalue weighted by Gasteiger charge is -2.36. The molecule has 4 heteroatoms. The topological polar surface area (TPSA) is 43.8 Å². The molecular formula is C17H24N2O2. The molecule has 1 aliphatic carbocycles. The van der Waals surface area contributed by atoms with Crippen LogP contribution in [0.25, 0.3) is 0 Å². The SMILES string of the molecule is O=C(CC1CCCC1)N1CCN(c2ccccc2O)CC1. The minimum Gasteiger partial charge on any atom is -0.506 e. The molecule has 114 valence electrons. The quantitative estimate of drug-likeness (QED) is 0.930. The number of carbonyl (C=O) groups excluding carboxylic acids is 1. The largest absolute Gasteiger partial charge is 0.506 e. The highest BCUT2D eigenvalue weighted by atomic mass is 16.3. The zero-order valence-corrected chi connectivity index (χ0v) is 12.5. The minimum absolute atomic E-state index is 0.318. The van der Waals surface area contributed by atoms with Crippen molar-refractivity contribution in [3.63, 3.8) is 0 Å². The Balaban J connectivity index is 1.52. The van der Waals surface area contributed by atoms with E-state index in [1.54, 1.807) is 6.07 Å². The van der Waals surface area contributed by atoms with E-state index in [9.17, 15) is 9.90 Å². The number of amides is 1. The molecule has 1 saturated heterocycles. The van der Waals surface area contributed by atoms with Gasteiger partial charge in [0.05, 0.1) is 5.69 Å². The van der Waals surface area contributed by atoms with E-state index in [1.165, 1.54) is 25.7 Å². The summed E-state index contributed by atoms with van der Waals surface area (Å²) >= 11 is 0. The molecule has 0 spiro atoms. The number of anilines is 1. The number of hydrogen-bond acceptors (Lipinski definition) is 3. The summed E-state index contributed by atoms with van der Waals surface area (Å²) in [5, 5.41) is 9.91. The highest BCUT2D eigenvalue weighted by Gasteiger charge is 2.25. The molecule has 1 aliphatic heterocycles. The third-order valence-corrected chi connectivity index (χ3v) is 4.79. The van der Waals surface area contributed by atoms with Crippen LogP contribution in [0.15, 0.2) is 24.3 Å². The maximum atomic E-state index is 12.3. The molecule has 2 aliphatic rings. The second-order valence-electron chi connectivity index (χ2n) is 6.21. The number of piperazine rings is 1. The second kappa shape index (κ2) is 6.37. The van der Waals surface area contributed by atoms with E-state index < -0.39 is 0 Å². The van der Waals surface area contributed by atoms with Crippen LogP contribution >= 0.6 is 0 Å². The summed E-state index contributed by atoms with van der Waals surface area (Å²) in [6.45, 7) is 3.13. The highest BCUT2D eigenvalue weighted by molar-refractivity contribution is 5.77. The predicted molar refractivity (Wildman–Crippen MR) is 83.5 cm³/mol. The summed E-state index contributed by atoms with van der Waals surface area (Å²) in [4.78, 5) is 16.5. The van der Waals surface area contributed by atoms with Crippen molar-refractivity contribution >= 4 is 11.6 Å². The highest BCUT2D eigenvalue weighted by Crippen LogP contribution is 2.29. The fourth-order valence-electron chi connectivity index (χ4n) is 3.52. The van der Waals surface area contributed by atoms with Gasteiger partial charge in [-0.1, -0.05) is 25.0 Å². The Morgan fingerprint density at radius 2 is 1.76 bits per heavy atom. The molecule has 1 N–H and O–H groups in total. The van der Waals surface area contributed by atoms with Crippen LogP contribution in [-0.4, -0.2) is 42.1 Å². The van der Waals surface area contributed by atoms with Gasteiger partial charge in [-0.05, 0) is 30.9 Å². The van der Waals surface area contributed by atoms with Gasteiger partial charge in [0.2, 0.25) is 5.91 Å². The van der Waals surface area contributed by atoms with Crippen LogP contribution in [0.4, 0.5) is 5.69 Å². The molecule has 2 fully saturated rings. The number of nitrogens with zero attached hydrogens (tertiary/aromatic N) is 2. The summed E-state index contributed by atoms with van der Waals surface area (Å²) in [7, 11) is 0. The summed E-state index contributed by atoms with van der Waals surface area (Å²) < 4.78 is 0. The van der Waals surface area contributed by atoms with E-state index in [0.29, 0.717) is 17.6 Å². The normalized spacial score (nSPS) is 20.0. The number of rotatable bonds is 3. The maximum Gasteiger partial charge on any atom is 0.222 e. The van der Waals surface area contributed by atoms with Crippen LogP contribution in [0.3, 0.4) is 0 Å². The number of hydrogen-bond donors (Lipinski definition) is 1. The fourth-order valence-corrected chi connectivity index (χ4v) is 3.52. The number of benzene rings is 1. The first-order valence-corrected chi connectivity index (χ1v) is 8.05. The van der Waals surface area contributed by atoms with Crippen molar-refractivity contribution in [1.29, 1.82) is 0 Å². The van der Waals surface area contributed by atoms with Gasteiger partial charge < -0.3 is 14.9 Å². The first-order valence-electron chi connectivity index (χ1n) is 8.05. The smallest absolute Gasteiger partial charge is 0.222 e. The van der Waals surface area contributed by atoms with E-state index >= 15 is 0 Å². The van der Waals surface area contributed by atoms with E-state index in [-0.39, 0.29) is 0 Å². The van der Waals surface area contributed by atoms with Crippen molar-refractivity contribution in [3.05, 3.63) is 24.3 Å². The van der Waals surface area contributed by atoms with Gasteiger partial charge in [0.15, 0.2) is 0 Å². The van der Waals surface area contributed by atoms with Crippen molar-refractivity contribution in [2.45, 2.75) is 32.1 Å². The number of carbonyl (C=O) groups is 1. The minimum atomic E-state index is 0.318. The van der Waals surface area contributed by atoms with Crippen LogP contribution in [-0.2, 0) is 4.79 Å². The number of phenols is 1. The van der Waals surface area contributed by atoms with Crippen LogP contribution in [0.5, 0.6) is 5.75 Å². The molecule has 21 heavy (non-hydrogen) atoms. The Morgan fingerprint density at radius 1 is 1.10 bits per heavy atom. The molecule has 3 rings (SSSR count). The molecule has 1 amide bonds. The molecule has 4 nitrogen and oxygen atoms in total. The summed E-state index contributed by atoms with van der Waals surface area (Å²) in [5.41, 5.74) is 0.875. The summed E-state index contributed by atoms with van der Waals surface area (Å²) in [6.07, 6.45) is 5.77. The first-order chi connectivity index (χ1) is 10.2. The lowest BCUT2D eigenvalue weighted by molar-refractivity contribution is -0.132. The Morgan fingerprint density at radius 3 is 2.43 bits per heavy atom. The van der Waals surface area contributed by atoms with Crippen LogP contribution in [0.2, 0.25) is 0 Å². The third kappa shape index (κ3) is 3.31. The molecule has 0 aromatic heterocycles. The first kappa shape index (κ1) is 14.2. The maximum absolute atomic E-state index is 12.3. The third-order valence-electron chi connectivity index (χ3n) is 4.79. The van der Waals surface area contributed by atoms with Gasteiger partial charge in [-0.2, -0.15) is 0 Å².